The third-order valence-electron chi connectivity index (χ3n) is 2.56. The molecule has 3 amide bonds. The van der Waals surface area contributed by atoms with Gasteiger partial charge in [-0.2, -0.15) is 0 Å². The molecule has 0 unspecified atom stereocenters. The number of rotatable bonds is 5. The van der Waals surface area contributed by atoms with Crippen LogP contribution in [-0.2, 0) is 0 Å². The molecular formula is C13H16ClF2N3O3. The van der Waals surface area contributed by atoms with Gasteiger partial charge < -0.3 is 20.3 Å². The first-order chi connectivity index (χ1) is 10.3. The number of amides is 3. The molecule has 1 aromatic rings. The van der Waals surface area contributed by atoms with E-state index in [1.54, 1.807) is 14.1 Å². The molecule has 22 heavy (non-hydrogen) atoms. The van der Waals surface area contributed by atoms with Gasteiger partial charge in [-0.1, -0.05) is 11.6 Å². The fourth-order valence-corrected chi connectivity index (χ4v) is 1.86. The second-order valence-electron chi connectivity index (χ2n) is 4.46. The highest BCUT2D eigenvalue weighted by Gasteiger charge is 2.20. The molecule has 6 nitrogen and oxygen atoms in total. The Labute approximate surface area is 131 Å². The van der Waals surface area contributed by atoms with Crippen molar-refractivity contribution in [2.45, 2.75) is 6.43 Å². The summed E-state index contributed by atoms with van der Waals surface area (Å²) in [6.45, 7) is -0.793. The summed E-state index contributed by atoms with van der Waals surface area (Å²) in [6.07, 6.45) is -2.67. The summed E-state index contributed by atoms with van der Waals surface area (Å²) < 4.78 is 29.3. The SMILES string of the molecule is COc1c(NC(=O)NCC(F)F)cc(Cl)cc1C(=O)N(C)C. The number of methoxy groups -OCH3 is 1. The minimum atomic E-state index is -2.67. The number of hydrogen-bond donors (Lipinski definition) is 2. The maximum atomic E-state index is 12.1. The van der Waals surface area contributed by atoms with Crippen LogP contribution in [0.2, 0.25) is 5.02 Å². The van der Waals surface area contributed by atoms with E-state index in [4.69, 9.17) is 16.3 Å². The molecule has 0 saturated carbocycles. The molecule has 0 fully saturated rings. The Balaban J connectivity index is 3.09. The van der Waals surface area contributed by atoms with E-state index in [9.17, 15) is 18.4 Å². The number of ether oxygens (including phenoxy) is 1. The highest BCUT2D eigenvalue weighted by atomic mass is 35.5. The second kappa shape index (κ2) is 7.79. The lowest BCUT2D eigenvalue weighted by Gasteiger charge is -2.17. The van der Waals surface area contributed by atoms with Crippen molar-refractivity contribution in [2.75, 3.05) is 33.1 Å². The van der Waals surface area contributed by atoms with E-state index in [1.165, 1.54) is 24.1 Å². The summed E-state index contributed by atoms with van der Waals surface area (Å²) in [5.74, 6) is -0.286. The van der Waals surface area contributed by atoms with Gasteiger partial charge in [0.2, 0.25) is 0 Å². The van der Waals surface area contributed by atoms with E-state index < -0.39 is 19.0 Å². The summed E-state index contributed by atoms with van der Waals surface area (Å²) in [7, 11) is 4.41. The quantitative estimate of drug-likeness (QED) is 0.868. The standard InChI is InChI=1S/C13H16ClF2N3O3/c1-19(2)12(20)8-4-7(14)5-9(11(8)22-3)18-13(21)17-6-10(15)16/h4-5,10H,6H2,1-3H3,(H2,17,18,21). The first-order valence-corrected chi connectivity index (χ1v) is 6.56. The maximum Gasteiger partial charge on any atom is 0.319 e. The fourth-order valence-electron chi connectivity index (χ4n) is 1.64. The second-order valence-corrected chi connectivity index (χ2v) is 4.90. The van der Waals surface area contributed by atoms with Crippen LogP contribution in [0.1, 0.15) is 10.4 Å². The van der Waals surface area contributed by atoms with Crippen molar-refractivity contribution in [3.05, 3.63) is 22.7 Å². The van der Waals surface area contributed by atoms with E-state index in [0.717, 1.165) is 0 Å². The molecular weight excluding hydrogens is 320 g/mol. The van der Waals surface area contributed by atoms with Gasteiger partial charge in [-0.05, 0) is 12.1 Å². The number of hydrogen-bond acceptors (Lipinski definition) is 3. The number of carbonyl (C=O) groups is 2. The summed E-state index contributed by atoms with van der Waals surface area (Å²) in [5.41, 5.74) is 0.246. The monoisotopic (exact) mass is 335 g/mol. The smallest absolute Gasteiger partial charge is 0.319 e. The Kier molecular flexibility index (Phi) is 6.36. The summed E-state index contributed by atoms with van der Waals surface area (Å²) in [6, 6.07) is 1.89. The van der Waals surface area contributed by atoms with Crippen LogP contribution in [0.3, 0.4) is 0 Å². The molecule has 1 rings (SSSR count). The minimum Gasteiger partial charge on any atom is -0.494 e. The van der Waals surface area contributed by atoms with Gasteiger partial charge in [0, 0.05) is 19.1 Å². The number of alkyl halides is 2. The van der Waals surface area contributed by atoms with Crippen LogP contribution < -0.4 is 15.4 Å². The van der Waals surface area contributed by atoms with Gasteiger partial charge in [0.05, 0.1) is 24.9 Å². The van der Waals surface area contributed by atoms with Crippen molar-refractivity contribution in [2.24, 2.45) is 0 Å². The normalized spacial score (nSPS) is 10.3. The van der Waals surface area contributed by atoms with Crippen molar-refractivity contribution in [1.82, 2.24) is 10.2 Å². The zero-order chi connectivity index (χ0) is 16.9. The average Bonchev–Trinajstić information content (AvgIpc) is 2.43. The molecule has 0 aliphatic heterocycles. The molecule has 0 saturated heterocycles. The lowest BCUT2D eigenvalue weighted by molar-refractivity contribution is 0.0824. The van der Waals surface area contributed by atoms with E-state index in [1.807, 2.05) is 5.32 Å². The number of anilines is 1. The summed E-state index contributed by atoms with van der Waals surface area (Å²) >= 11 is 5.92. The molecule has 0 heterocycles. The van der Waals surface area contributed by atoms with Crippen molar-refractivity contribution in [3.8, 4) is 5.75 Å². The lowest BCUT2D eigenvalue weighted by Crippen LogP contribution is -2.32. The third-order valence-corrected chi connectivity index (χ3v) is 2.78. The minimum absolute atomic E-state index is 0.0929. The van der Waals surface area contributed by atoms with Crippen LogP contribution in [-0.4, -0.2) is 51.0 Å². The molecule has 0 atom stereocenters. The Bertz CT molecular complexity index is 568. The average molecular weight is 336 g/mol. The Morgan fingerprint density at radius 1 is 1.36 bits per heavy atom. The van der Waals surface area contributed by atoms with E-state index >= 15 is 0 Å². The van der Waals surface area contributed by atoms with Gasteiger partial charge in [0.15, 0.2) is 5.75 Å². The van der Waals surface area contributed by atoms with Gasteiger partial charge in [-0.15, -0.1) is 0 Å². The van der Waals surface area contributed by atoms with Crippen LogP contribution in [0.15, 0.2) is 12.1 Å². The molecule has 0 radical (unpaired) electrons. The van der Waals surface area contributed by atoms with Gasteiger partial charge in [0.1, 0.15) is 0 Å². The first kappa shape index (κ1) is 18.0. The number of nitrogens with one attached hydrogen (secondary N) is 2. The molecule has 9 heteroatoms. The molecule has 0 aliphatic rings. The van der Waals surface area contributed by atoms with E-state index in [0.29, 0.717) is 0 Å². The van der Waals surface area contributed by atoms with Gasteiger partial charge >= 0.3 is 6.03 Å². The number of urea groups is 1. The Hall–Kier alpha value is -2.09. The number of benzene rings is 1. The van der Waals surface area contributed by atoms with E-state index in [2.05, 4.69) is 5.32 Å². The molecule has 2 N–H and O–H groups in total. The number of nitrogens with zero attached hydrogens (tertiary/aromatic N) is 1. The van der Waals surface area contributed by atoms with Crippen molar-refractivity contribution >= 4 is 29.2 Å². The molecule has 0 spiro atoms. The van der Waals surface area contributed by atoms with Gasteiger partial charge in [-0.25, -0.2) is 13.6 Å². The zero-order valence-corrected chi connectivity index (χ0v) is 13.0. The molecule has 0 aliphatic carbocycles. The zero-order valence-electron chi connectivity index (χ0n) is 12.2. The molecule has 0 aromatic heterocycles. The van der Waals surface area contributed by atoms with Crippen LogP contribution in [0, 0.1) is 0 Å². The van der Waals surface area contributed by atoms with Gasteiger partial charge in [0.25, 0.3) is 12.3 Å². The molecule has 122 valence electrons. The highest BCUT2D eigenvalue weighted by molar-refractivity contribution is 6.31. The predicted octanol–water partition coefficient (Wildman–Crippen LogP) is 2.44. The van der Waals surface area contributed by atoms with Crippen LogP contribution in [0.25, 0.3) is 0 Å². The van der Waals surface area contributed by atoms with Crippen molar-refractivity contribution < 1.29 is 23.1 Å². The van der Waals surface area contributed by atoms with E-state index in [-0.39, 0.29) is 27.9 Å². The molecule has 1 aromatic carbocycles. The molecule has 0 bridgehead atoms. The fraction of sp³-hybridized carbons (Fsp3) is 0.385. The van der Waals surface area contributed by atoms with Gasteiger partial charge in [-0.3, -0.25) is 4.79 Å². The Morgan fingerprint density at radius 3 is 2.50 bits per heavy atom. The largest absolute Gasteiger partial charge is 0.494 e. The summed E-state index contributed by atoms with van der Waals surface area (Å²) in [5, 5.41) is 4.50. The van der Waals surface area contributed by atoms with Crippen LogP contribution in [0.5, 0.6) is 5.75 Å². The topological polar surface area (TPSA) is 70.7 Å². The Morgan fingerprint density at radius 2 is 2.00 bits per heavy atom. The predicted molar refractivity (Wildman–Crippen MR) is 79.0 cm³/mol. The van der Waals surface area contributed by atoms with Crippen molar-refractivity contribution in [1.29, 1.82) is 0 Å². The van der Waals surface area contributed by atoms with Crippen LogP contribution >= 0.6 is 11.6 Å². The number of carbonyl (C=O) groups excluding carboxylic acids is 2. The van der Waals surface area contributed by atoms with Crippen molar-refractivity contribution in [3.63, 3.8) is 0 Å². The highest BCUT2D eigenvalue weighted by Crippen LogP contribution is 2.33. The third kappa shape index (κ3) is 4.73. The lowest BCUT2D eigenvalue weighted by atomic mass is 10.1. The number of halogens is 3. The first-order valence-electron chi connectivity index (χ1n) is 6.18. The van der Waals surface area contributed by atoms with Crippen LogP contribution in [0.4, 0.5) is 19.3 Å². The maximum absolute atomic E-state index is 12.1. The summed E-state index contributed by atoms with van der Waals surface area (Å²) in [4.78, 5) is 25.0.